The molecule has 0 aliphatic carbocycles. The van der Waals surface area contributed by atoms with Crippen molar-refractivity contribution in [3.8, 4) is 5.82 Å². The Kier molecular flexibility index (Phi) is 3.42. The van der Waals surface area contributed by atoms with Crippen LogP contribution in [0.1, 0.15) is 22.3 Å². The summed E-state index contributed by atoms with van der Waals surface area (Å²) in [4.78, 5) is 19.1. The zero-order valence-corrected chi connectivity index (χ0v) is 12.7. The molecule has 0 bridgehead atoms. The summed E-state index contributed by atoms with van der Waals surface area (Å²) in [6, 6.07) is 15.8. The molecule has 1 amide bonds. The van der Waals surface area contributed by atoms with Crippen molar-refractivity contribution < 1.29 is 4.79 Å². The van der Waals surface area contributed by atoms with Crippen LogP contribution in [-0.4, -0.2) is 22.0 Å². The molecule has 0 saturated heterocycles. The molecule has 3 aromatic rings. The number of rotatable bonds is 2. The van der Waals surface area contributed by atoms with Crippen molar-refractivity contribution in [1.29, 1.82) is 0 Å². The van der Waals surface area contributed by atoms with E-state index in [1.807, 2.05) is 64.3 Å². The minimum absolute atomic E-state index is 0.0173. The van der Waals surface area contributed by atoms with E-state index >= 15 is 0 Å². The van der Waals surface area contributed by atoms with E-state index in [0.29, 0.717) is 5.56 Å². The summed E-state index contributed by atoms with van der Waals surface area (Å²) in [6.45, 7) is 0.759. The molecule has 0 atom stereocenters. The van der Waals surface area contributed by atoms with Gasteiger partial charge in [0, 0.05) is 30.8 Å². The number of carbonyl (C=O) groups is 1. The molecule has 3 heterocycles. The summed E-state index contributed by atoms with van der Waals surface area (Å²) < 4.78 is 1.92. The van der Waals surface area contributed by atoms with Crippen LogP contribution in [0.4, 0.5) is 5.69 Å². The maximum atomic E-state index is 12.8. The van der Waals surface area contributed by atoms with Crippen LogP contribution in [0.3, 0.4) is 0 Å². The Labute approximate surface area is 135 Å². The van der Waals surface area contributed by atoms with Crippen LogP contribution in [-0.2, 0) is 6.42 Å². The van der Waals surface area contributed by atoms with Gasteiger partial charge >= 0.3 is 0 Å². The Morgan fingerprint density at radius 3 is 2.61 bits per heavy atom. The molecule has 0 unspecified atom stereocenters. The van der Waals surface area contributed by atoms with Crippen LogP contribution in [0.5, 0.6) is 0 Å². The summed E-state index contributed by atoms with van der Waals surface area (Å²) in [6.07, 6.45) is 7.56. The normalized spacial score (nSPS) is 13.7. The van der Waals surface area contributed by atoms with E-state index in [9.17, 15) is 4.79 Å². The molecule has 114 valence electrons. The second-order valence-corrected chi connectivity index (χ2v) is 5.68. The first kappa shape index (κ1) is 13.8. The number of nitrogens with zero attached hydrogens (tertiary/aromatic N) is 3. The van der Waals surface area contributed by atoms with Crippen LogP contribution in [0.15, 0.2) is 67.1 Å². The van der Waals surface area contributed by atoms with Gasteiger partial charge in [0.05, 0.1) is 5.56 Å². The van der Waals surface area contributed by atoms with Crippen LogP contribution >= 0.6 is 0 Å². The van der Waals surface area contributed by atoms with Crippen molar-refractivity contribution in [2.45, 2.75) is 12.8 Å². The second kappa shape index (κ2) is 5.72. The summed E-state index contributed by atoms with van der Waals surface area (Å²) >= 11 is 0. The van der Waals surface area contributed by atoms with Crippen molar-refractivity contribution in [1.82, 2.24) is 9.55 Å². The fourth-order valence-electron chi connectivity index (χ4n) is 3.05. The van der Waals surface area contributed by atoms with Crippen LogP contribution in [0.25, 0.3) is 5.82 Å². The highest BCUT2D eigenvalue weighted by atomic mass is 16.2. The number of aromatic nitrogens is 2. The molecule has 0 spiro atoms. The first-order valence-corrected chi connectivity index (χ1v) is 7.82. The third-order valence-electron chi connectivity index (χ3n) is 4.22. The number of anilines is 1. The molecule has 2 aromatic heterocycles. The van der Waals surface area contributed by atoms with Gasteiger partial charge in [0.1, 0.15) is 5.82 Å². The molecule has 0 N–H and O–H groups in total. The SMILES string of the molecule is O=C(c1ccc(-n2cccc2)nc1)N1CCCc2ccccc21. The fourth-order valence-corrected chi connectivity index (χ4v) is 3.05. The van der Waals surface area contributed by atoms with Crippen molar-refractivity contribution in [3.05, 3.63) is 78.2 Å². The largest absolute Gasteiger partial charge is 0.309 e. The highest BCUT2D eigenvalue weighted by Crippen LogP contribution is 2.28. The minimum Gasteiger partial charge on any atom is -0.309 e. The Morgan fingerprint density at radius 2 is 1.83 bits per heavy atom. The quantitative estimate of drug-likeness (QED) is 0.727. The van der Waals surface area contributed by atoms with Gasteiger partial charge in [0.15, 0.2) is 0 Å². The Balaban J connectivity index is 1.63. The average molecular weight is 303 g/mol. The van der Waals surface area contributed by atoms with Gasteiger partial charge in [-0.1, -0.05) is 18.2 Å². The van der Waals surface area contributed by atoms with E-state index in [-0.39, 0.29) is 5.91 Å². The van der Waals surface area contributed by atoms with Crippen LogP contribution in [0.2, 0.25) is 0 Å². The third kappa shape index (κ3) is 2.52. The molecule has 4 rings (SSSR count). The number of para-hydroxylation sites is 1. The standard InChI is InChI=1S/C19H17N3O/c23-19(22-13-5-7-15-6-1-2-8-17(15)22)16-9-10-18(20-14-16)21-11-3-4-12-21/h1-4,6,8-12,14H,5,7,13H2. The first-order chi connectivity index (χ1) is 11.3. The molecule has 1 aliphatic rings. The highest BCUT2D eigenvalue weighted by molar-refractivity contribution is 6.06. The van der Waals surface area contributed by atoms with E-state index < -0.39 is 0 Å². The molecule has 1 aliphatic heterocycles. The summed E-state index contributed by atoms with van der Waals surface area (Å²) in [5, 5.41) is 0. The van der Waals surface area contributed by atoms with Gasteiger partial charge in [-0.3, -0.25) is 4.79 Å². The second-order valence-electron chi connectivity index (χ2n) is 5.68. The van der Waals surface area contributed by atoms with E-state index in [2.05, 4.69) is 11.1 Å². The molecule has 4 nitrogen and oxygen atoms in total. The monoisotopic (exact) mass is 303 g/mol. The maximum Gasteiger partial charge on any atom is 0.259 e. The lowest BCUT2D eigenvalue weighted by Crippen LogP contribution is -2.35. The Hall–Kier alpha value is -2.88. The number of benzene rings is 1. The molecule has 0 radical (unpaired) electrons. The van der Waals surface area contributed by atoms with E-state index in [4.69, 9.17) is 0 Å². The van der Waals surface area contributed by atoms with Crippen LogP contribution in [0, 0.1) is 0 Å². The maximum absolute atomic E-state index is 12.8. The van der Waals surface area contributed by atoms with Gasteiger partial charge in [0.2, 0.25) is 0 Å². The minimum atomic E-state index is 0.0173. The lowest BCUT2D eigenvalue weighted by Gasteiger charge is -2.29. The molecule has 1 aromatic carbocycles. The topological polar surface area (TPSA) is 38.1 Å². The number of pyridine rings is 1. The fraction of sp³-hybridized carbons (Fsp3) is 0.158. The van der Waals surface area contributed by atoms with Crippen LogP contribution < -0.4 is 4.90 Å². The lowest BCUT2D eigenvalue weighted by molar-refractivity contribution is 0.0985. The molecule has 23 heavy (non-hydrogen) atoms. The van der Waals surface area contributed by atoms with Crippen molar-refractivity contribution >= 4 is 11.6 Å². The molecular weight excluding hydrogens is 286 g/mol. The smallest absolute Gasteiger partial charge is 0.259 e. The van der Waals surface area contributed by atoms with Gasteiger partial charge in [-0.05, 0) is 48.7 Å². The summed E-state index contributed by atoms with van der Waals surface area (Å²) in [7, 11) is 0. The highest BCUT2D eigenvalue weighted by Gasteiger charge is 2.23. The Morgan fingerprint density at radius 1 is 1.00 bits per heavy atom. The predicted octanol–water partition coefficient (Wildman–Crippen LogP) is 3.47. The number of fused-ring (bicyclic) bond motifs is 1. The molecular formula is C19H17N3O. The van der Waals surface area contributed by atoms with Gasteiger partial charge in [0.25, 0.3) is 5.91 Å². The first-order valence-electron chi connectivity index (χ1n) is 7.82. The predicted molar refractivity (Wildman–Crippen MR) is 90.0 cm³/mol. The third-order valence-corrected chi connectivity index (χ3v) is 4.22. The number of amides is 1. The number of hydrogen-bond acceptors (Lipinski definition) is 2. The average Bonchev–Trinajstić information content (AvgIpc) is 3.15. The van der Waals surface area contributed by atoms with Crippen molar-refractivity contribution in [3.63, 3.8) is 0 Å². The number of hydrogen-bond donors (Lipinski definition) is 0. The number of aryl methyl sites for hydroxylation is 1. The van der Waals surface area contributed by atoms with Crippen molar-refractivity contribution in [2.24, 2.45) is 0 Å². The zero-order chi connectivity index (χ0) is 15.6. The van der Waals surface area contributed by atoms with Gasteiger partial charge < -0.3 is 9.47 Å². The van der Waals surface area contributed by atoms with Gasteiger partial charge in [-0.25, -0.2) is 4.98 Å². The molecule has 0 saturated carbocycles. The molecule has 4 heteroatoms. The summed E-state index contributed by atoms with van der Waals surface area (Å²) in [5.74, 6) is 0.828. The number of carbonyl (C=O) groups excluding carboxylic acids is 1. The van der Waals surface area contributed by atoms with Gasteiger partial charge in [-0.15, -0.1) is 0 Å². The Bertz CT molecular complexity index is 822. The zero-order valence-electron chi connectivity index (χ0n) is 12.7. The van der Waals surface area contributed by atoms with E-state index in [1.54, 1.807) is 6.20 Å². The van der Waals surface area contributed by atoms with Crippen molar-refractivity contribution in [2.75, 3.05) is 11.4 Å². The van der Waals surface area contributed by atoms with E-state index in [0.717, 1.165) is 30.9 Å². The molecule has 0 fully saturated rings. The van der Waals surface area contributed by atoms with Gasteiger partial charge in [-0.2, -0.15) is 0 Å². The summed E-state index contributed by atoms with van der Waals surface area (Å²) in [5.41, 5.74) is 2.89. The van der Waals surface area contributed by atoms with E-state index in [1.165, 1.54) is 5.56 Å². The lowest BCUT2D eigenvalue weighted by atomic mass is 10.0.